The van der Waals surface area contributed by atoms with Gasteiger partial charge in [0.15, 0.2) is 5.69 Å². The van der Waals surface area contributed by atoms with Gasteiger partial charge in [-0.15, -0.1) is 24.5 Å². The van der Waals surface area contributed by atoms with Crippen molar-refractivity contribution in [2.24, 2.45) is 5.92 Å². The van der Waals surface area contributed by atoms with E-state index in [9.17, 15) is 36.2 Å². The molecule has 200 valence electrons. The smallest absolute Gasteiger partial charge is 0.406 e. The SMILES string of the molecule is CCC(CC1CC1)NCC(O)c1nc(C(F)(F)F)c(C(=O)NC(C)c2cccc(OC(F)(F)F)c2)s1. The van der Waals surface area contributed by atoms with Crippen molar-refractivity contribution in [1.29, 1.82) is 0 Å². The summed E-state index contributed by atoms with van der Waals surface area (Å²) in [7, 11) is 0. The summed E-state index contributed by atoms with van der Waals surface area (Å²) in [6.07, 6.45) is -7.19. The van der Waals surface area contributed by atoms with Crippen molar-refractivity contribution < 1.29 is 41.0 Å². The Morgan fingerprint density at radius 3 is 2.53 bits per heavy atom. The van der Waals surface area contributed by atoms with Gasteiger partial charge in [-0.3, -0.25) is 4.79 Å². The first-order valence-electron chi connectivity index (χ1n) is 11.4. The van der Waals surface area contributed by atoms with Crippen LogP contribution < -0.4 is 15.4 Å². The average Bonchev–Trinajstić information content (AvgIpc) is 3.47. The summed E-state index contributed by atoms with van der Waals surface area (Å²) < 4.78 is 82.1. The number of aliphatic hydroxyl groups is 1. The maximum Gasteiger partial charge on any atom is 0.573 e. The molecule has 0 bridgehead atoms. The van der Waals surface area contributed by atoms with Gasteiger partial charge in [0.2, 0.25) is 0 Å². The number of aliphatic hydroxyl groups excluding tert-OH is 1. The lowest BCUT2D eigenvalue weighted by atomic mass is 10.1. The standard InChI is InChI=1S/C23H27F6N3O3S/c1-3-15(9-13-7-8-13)30-11-17(33)21-32-19(22(24,25)26)18(36-21)20(34)31-12(2)14-5-4-6-16(10-14)35-23(27,28)29/h4-6,10,12-13,15,17,30,33H,3,7-9,11H2,1-2H3,(H,31,34). The lowest BCUT2D eigenvalue weighted by Crippen LogP contribution is -2.32. The van der Waals surface area contributed by atoms with E-state index in [-0.39, 0.29) is 23.2 Å². The van der Waals surface area contributed by atoms with Gasteiger partial charge in [0.1, 0.15) is 21.7 Å². The van der Waals surface area contributed by atoms with Crippen LogP contribution >= 0.6 is 11.3 Å². The molecule has 1 aromatic carbocycles. The second-order valence-corrected chi connectivity index (χ2v) is 9.78. The molecule has 36 heavy (non-hydrogen) atoms. The highest BCUT2D eigenvalue weighted by Gasteiger charge is 2.40. The minimum Gasteiger partial charge on any atom is -0.406 e. The van der Waals surface area contributed by atoms with Crippen LogP contribution in [0.4, 0.5) is 26.3 Å². The van der Waals surface area contributed by atoms with E-state index in [2.05, 4.69) is 20.4 Å². The fourth-order valence-electron chi connectivity index (χ4n) is 3.67. The van der Waals surface area contributed by atoms with E-state index >= 15 is 0 Å². The summed E-state index contributed by atoms with van der Waals surface area (Å²) in [5, 5.41) is 15.7. The van der Waals surface area contributed by atoms with Crippen LogP contribution in [0.3, 0.4) is 0 Å². The van der Waals surface area contributed by atoms with Gasteiger partial charge in [0.25, 0.3) is 5.91 Å². The second kappa shape index (κ2) is 11.3. The van der Waals surface area contributed by atoms with Gasteiger partial charge in [0, 0.05) is 12.6 Å². The number of benzene rings is 1. The van der Waals surface area contributed by atoms with Crippen LogP contribution in [0, 0.1) is 5.92 Å². The normalized spacial score (nSPS) is 16.9. The second-order valence-electron chi connectivity index (χ2n) is 8.75. The molecule has 1 saturated carbocycles. The number of ether oxygens (including phenoxy) is 1. The van der Waals surface area contributed by atoms with Gasteiger partial charge in [-0.25, -0.2) is 4.98 Å². The molecule has 1 amide bonds. The average molecular weight is 540 g/mol. The Hall–Kier alpha value is -2.38. The number of amides is 1. The monoisotopic (exact) mass is 539 g/mol. The zero-order chi connectivity index (χ0) is 26.7. The van der Waals surface area contributed by atoms with E-state index in [0.29, 0.717) is 17.3 Å². The molecule has 1 aliphatic rings. The van der Waals surface area contributed by atoms with Crippen molar-refractivity contribution in [1.82, 2.24) is 15.6 Å². The molecule has 0 radical (unpaired) electrons. The Bertz CT molecular complexity index is 1040. The van der Waals surface area contributed by atoms with Gasteiger partial charge >= 0.3 is 12.5 Å². The van der Waals surface area contributed by atoms with Crippen LogP contribution in [0.25, 0.3) is 0 Å². The number of rotatable bonds is 11. The topological polar surface area (TPSA) is 83.5 Å². The number of carbonyl (C=O) groups is 1. The first kappa shape index (κ1) is 28.2. The van der Waals surface area contributed by atoms with Gasteiger partial charge in [-0.1, -0.05) is 31.9 Å². The molecular weight excluding hydrogens is 512 g/mol. The van der Waals surface area contributed by atoms with E-state index in [1.54, 1.807) is 0 Å². The van der Waals surface area contributed by atoms with Crippen molar-refractivity contribution in [3.8, 4) is 5.75 Å². The maximum absolute atomic E-state index is 13.6. The quantitative estimate of drug-likeness (QED) is 0.317. The summed E-state index contributed by atoms with van der Waals surface area (Å²) in [6.45, 7) is 3.37. The Morgan fingerprint density at radius 1 is 1.25 bits per heavy atom. The Morgan fingerprint density at radius 2 is 1.94 bits per heavy atom. The molecule has 3 atom stereocenters. The van der Waals surface area contributed by atoms with E-state index in [0.717, 1.165) is 37.8 Å². The number of thiazole rings is 1. The molecule has 3 N–H and O–H groups in total. The molecule has 1 aliphatic carbocycles. The van der Waals surface area contributed by atoms with Gasteiger partial charge < -0.3 is 20.5 Å². The lowest BCUT2D eigenvalue weighted by Gasteiger charge is -2.18. The lowest BCUT2D eigenvalue weighted by molar-refractivity contribution is -0.274. The number of alkyl halides is 6. The Kier molecular flexibility index (Phi) is 8.88. The number of halogens is 6. The van der Waals surface area contributed by atoms with Gasteiger partial charge in [-0.2, -0.15) is 13.2 Å². The molecule has 1 aromatic heterocycles. The first-order chi connectivity index (χ1) is 16.8. The van der Waals surface area contributed by atoms with Crippen molar-refractivity contribution in [3.63, 3.8) is 0 Å². The van der Waals surface area contributed by atoms with E-state index in [1.807, 2.05) is 6.92 Å². The van der Waals surface area contributed by atoms with Crippen LogP contribution in [0.15, 0.2) is 24.3 Å². The third kappa shape index (κ3) is 8.07. The third-order valence-corrected chi connectivity index (χ3v) is 6.91. The van der Waals surface area contributed by atoms with Crippen molar-refractivity contribution in [3.05, 3.63) is 45.4 Å². The molecule has 13 heteroatoms. The fraction of sp³-hybridized carbons (Fsp3) is 0.565. The summed E-state index contributed by atoms with van der Waals surface area (Å²) >= 11 is 0.430. The highest BCUT2D eigenvalue weighted by Crippen LogP contribution is 2.37. The number of aromatic nitrogens is 1. The van der Waals surface area contributed by atoms with Crippen molar-refractivity contribution in [2.75, 3.05) is 6.54 Å². The summed E-state index contributed by atoms with van der Waals surface area (Å²) in [5.74, 6) is -1.00. The molecule has 0 aliphatic heterocycles. The zero-order valence-corrected chi connectivity index (χ0v) is 20.4. The van der Waals surface area contributed by atoms with Crippen molar-refractivity contribution >= 4 is 17.2 Å². The fourth-order valence-corrected chi connectivity index (χ4v) is 4.64. The molecule has 1 heterocycles. The molecule has 2 aromatic rings. The first-order valence-corrected chi connectivity index (χ1v) is 12.2. The summed E-state index contributed by atoms with van der Waals surface area (Å²) in [6, 6.07) is 3.93. The highest BCUT2D eigenvalue weighted by molar-refractivity contribution is 7.13. The minimum atomic E-state index is -4.95. The zero-order valence-electron chi connectivity index (χ0n) is 19.5. The number of nitrogens with zero attached hydrogens (tertiary/aromatic N) is 1. The largest absolute Gasteiger partial charge is 0.573 e. The molecule has 0 saturated heterocycles. The third-order valence-electron chi connectivity index (χ3n) is 5.75. The molecule has 3 unspecified atom stereocenters. The number of hydrogen-bond donors (Lipinski definition) is 3. The van der Waals surface area contributed by atoms with Crippen LogP contribution in [-0.2, 0) is 6.18 Å². The number of carbonyl (C=O) groups excluding carboxylic acids is 1. The predicted octanol–water partition coefficient (Wildman–Crippen LogP) is 5.75. The molecular formula is C23H27F6N3O3S. The molecule has 6 nitrogen and oxygen atoms in total. The maximum atomic E-state index is 13.6. The minimum absolute atomic E-state index is 0.0144. The van der Waals surface area contributed by atoms with Crippen LogP contribution in [0.5, 0.6) is 5.75 Å². The van der Waals surface area contributed by atoms with Crippen molar-refractivity contribution in [2.45, 2.75) is 70.3 Å². The summed E-state index contributed by atoms with van der Waals surface area (Å²) in [5.41, 5.74) is -1.24. The van der Waals surface area contributed by atoms with Gasteiger partial charge in [0.05, 0.1) is 6.04 Å². The van der Waals surface area contributed by atoms with Crippen LogP contribution in [0.2, 0.25) is 0 Å². The van der Waals surface area contributed by atoms with Crippen LogP contribution in [0.1, 0.15) is 77.6 Å². The molecule has 1 fully saturated rings. The van der Waals surface area contributed by atoms with Gasteiger partial charge in [-0.05, 0) is 43.4 Å². The molecule has 0 spiro atoms. The van der Waals surface area contributed by atoms with E-state index in [1.165, 1.54) is 19.1 Å². The Labute approximate surface area is 208 Å². The summed E-state index contributed by atoms with van der Waals surface area (Å²) in [4.78, 5) is 15.5. The predicted molar refractivity (Wildman–Crippen MR) is 121 cm³/mol. The number of hydrogen-bond acceptors (Lipinski definition) is 6. The molecule has 3 rings (SSSR count). The van der Waals surface area contributed by atoms with Crippen LogP contribution in [-0.4, -0.2) is 34.9 Å². The Balaban J connectivity index is 1.72. The number of nitrogens with one attached hydrogen (secondary N) is 2. The highest BCUT2D eigenvalue weighted by atomic mass is 32.1. The van der Waals surface area contributed by atoms with E-state index in [4.69, 9.17) is 0 Å². The van der Waals surface area contributed by atoms with E-state index < -0.39 is 46.9 Å².